The van der Waals surface area contributed by atoms with Crippen molar-refractivity contribution in [3.05, 3.63) is 47.6 Å². The maximum absolute atomic E-state index is 11.8. The van der Waals surface area contributed by atoms with E-state index < -0.39 is 0 Å². The summed E-state index contributed by atoms with van der Waals surface area (Å²) in [6, 6.07) is 7.44. The molecule has 0 radical (unpaired) electrons. The number of rotatable bonds is 6. The van der Waals surface area contributed by atoms with Gasteiger partial charge in [-0.05, 0) is 30.7 Å². The maximum Gasteiger partial charge on any atom is 0.251 e. The molecule has 6 nitrogen and oxygen atoms in total. The van der Waals surface area contributed by atoms with E-state index in [2.05, 4.69) is 20.0 Å². The highest BCUT2D eigenvalue weighted by atomic mass is 16.5. The van der Waals surface area contributed by atoms with Gasteiger partial charge in [0.05, 0.1) is 0 Å². The number of amides is 1. The molecule has 1 aromatic heterocycles. The lowest BCUT2D eigenvalue weighted by Crippen LogP contribution is -2.25. The van der Waals surface area contributed by atoms with E-state index >= 15 is 0 Å². The molecule has 0 unspecified atom stereocenters. The monoisotopic (exact) mass is 260 g/mol. The first-order valence-electron chi connectivity index (χ1n) is 6.12. The van der Waals surface area contributed by atoms with Crippen molar-refractivity contribution in [1.82, 2.24) is 15.5 Å². The molecule has 1 heterocycles. The average Bonchev–Trinajstić information content (AvgIpc) is 2.93. The van der Waals surface area contributed by atoms with Gasteiger partial charge in [-0.1, -0.05) is 17.3 Å². The molecular weight excluding hydrogens is 244 g/mol. The quantitative estimate of drug-likeness (QED) is 0.790. The van der Waals surface area contributed by atoms with Gasteiger partial charge in [0.25, 0.3) is 5.91 Å². The molecule has 0 aliphatic heterocycles. The number of aromatic nitrogens is 2. The van der Waals surface area contributed by atoms with Crippen LogP contribution in [0.3, 0.4) is 0 Å². The smallest absolute Gasteiger partial charge is 0.251 e. The fourth-order valence-corrected chi connectivity index (χ4v) is 1.68. The van der Waals surface area contributed by atoms with E-state index in [9.17, 15) is 4.79 Å². The zero-order valence-electron chi connectivity index (χ0n) is 10.5. The van der Waals surface area contributed by atoms with Crippen LogP contribution in [-0.2, 0) is 12.8 Å². The Hall–Kier alpha value is -2.21. The number of nitrogens with one attached hydrogen (secondary N) is 1. The Kier molecular flexibility index (Phi) is 4.63. The average molecular weight is 260 g/mol. The van der Waals surface area contributed by atoms with Gasteiger partial charge in [-0.3, -0.25) is 4.79 Å². The molecule has 0 saturated carbocycles. The van der Waals surface area contributed by atoms with Crippen LogP contribution in [-0.4, -0.2) is 29.1 Å². The topological polar surface area (TPSA) is 94.0 Å². The van der Waals surface area contributed by atoms with Crippen LogP contribution in [0.4, 0.5) is 0 Å². The van der Waals surface area contributed by atoms with E-state index in [1.54, 1.807) is 12.1 Å². The van der Waals surface area contributed by atoms with Crippen LogP contribution in [0.25, 0.3) is 0 Å². The molecule has 1 amide bonds. The third-order valence-electron chi connectivity index (χ3n) is 2.69. The van der Waals surface area contributed by atoms with Gasteiger partial charge in [0.15, 0.2) is 5.82 Å². The molecule has 0 aliphatic carbocycles. The van der Waals surface area contributed by atoms with Crippen molar-refractivity contribution in [2.45, 2.75) is 12.8 Å². The van der Waals surface area contributed by atoms with Crippen molar-refractivity contribution in [3.8, 4) is 0 Å². The van der Waals surface area contributed by atoms with Crippen LogP contribution in [0.2, 0.25) is 0 Å². The van der Waals surface area contributed by atoms with Crippen LogP contribution < -0.4 is 11.1 Å². The first-order chi connectivity index (χ1) is 9.29. The van der Waals surface area contributed by atoms with Crippen LogP contribution >= 0.6 is 0 Å². The SMILES string of the molecule is NCCc1ccc(C(=O)NCCc2ncon2)cc1. The molecule has 0 atom stereocenters. The summed E-state index contributed by atoms with van der Waals surface area (Å²) in [7, 11) is 0. The van der Waals surface area contributed by atoms with E-state index in [4.69, 9.17) is 5.73 Å². The Labute approximate surface area is 111 Å². The lowest BCUT2D eigenvalue weighted by molar-refractivity contribution is 0.0954. The van der Waals surface area contributed by atoms with Crippen LogP contribution in [0.1, 0.15) is 21.7 Å². The van der Waals surface area contributed by atoms with Gasteiger partial charge in [0.1, 0.15) is 0 Å². The number of hydrogen-bond acceptors (Lipinski definition) is 5. The Bertz CT molecular complexity index is 508. The molecule has 2 rings (SSSR count). The van der Waals surface area contributed by atoms with Gasteiger partial charge in [0, 0.05) is 18.5 Å². The molecule has 100 valence electrons. The van der Waals surface area contributed by atoms with E-state index in [0.29, 0.717) is 30.9 Å². The third kappa shape index (κ3) is 3.89. The van der Waals surface area contributed by atoms with Crippen molar-refractivity contribution in [2.24, 2.45) is 5.73 Å². The maximum atomic E-state index is 11.8. The Morgan fingerprint density at radius 3 is 2.68 bits per heavy atom. The molecule has 3 N–H and O–H groups in total. The van der Waals surface area contributed by atoms with E-state index in [1.807, 2.05) is 12.1 Å². The lowest BCUT2D eigenvalue weighted by Gasteiger charge is -2.04. The predicted octanol–water partition coefficient (Wildman–Crippen LogP) is 0.543. The highest BCUT2D eigenvalue weighted by Gasteiger charge is 2.05. The third-order valence-corrected chi connectivity index (χ3v) is 2.69. The van der Waals surface area contributed by atoms with Gasteiger partial charge in [-0.25, -0.2) is 0 Å². The highest BCUT2D eigenvalue weighted by molar-refractivity contribution is 5.94. The van der Waals surface area contributed by atoms with Gasteiger partial charge in [-0.2, -0.15) is 4.98 Å². The van der Waals surface area contributed by atoms with Gasteiger partial charge >= 0.3 is 0 Å². The summed E-state index contributed by atoms with van der Waals surface area (Å²) in [5.74, 6) is 0.474. The summed E-state index contributed by atoms with van der Waals surface area (Å²) >= 11 is 0. The van der Waals surface area contributed by atoms with E-state index in [1.165, 1.54) is 6.39 Å². The molecule has 0 aliphatic rings. The number of carbonyl (C=O) groups is 1. The van der Waals surface area contributed by atoms with Crippen molar-refractivity contribution in [2.75, 3.05) is 13.1 Å². The summed E-state index contributed by atoms with van der Waals surface area (Å²) in [4.78, 5) is 15.7. The lowest BCUT2D eigenvalue weighted by atomic mass is 10.1. The van der Waals surface area contributed by atoms with Gasteiger partial charge in [-0.15, -0.1) is 0 Å². The largest absolute Gasteiger partial charge is 0.352 e. The Morgan fingerprint density at radius 1 is 1.26 bits per heavy atom. The molecule has 2 aromatic rings. The number of nitrogens with zero attached hydrogens (tertiary/aromatic N) is 2. The summed E-state index contributed by atoms with van der Waals surface area (Å²) < 4.78 is 4.61. The van der Waals surface area contributed by atoms with Crippen LogP contribution in [0, 0.1) is 0 Å². The van der Waals surface area contributed by atoms with E-state index in [-0.39, 0.29) is 5.91 Å². The number of nitrogens with two attached hydrogens (primary N) is 1. The molecule has 0 bridgehead atoms. The fourth-order valence-electron chi connectivity index (χ4n) is 1.68. The molecule has 19 heavy (non-hydrogen) atoms. The van der Waals surface area contributed by atoms with Crippen LogP contribution in [0.5, 0.6) is 0 Å². The first-order valence-corrected chi connectivity index (χ1v) is 6.12. The normalized spacial score (nSPS) is 10.4. The Balaban J connectivity index is 1.82. The standard InChI is InChI=1S/C13H16N4O2/c14-7-5-10-1-3-11(4-2-10)13(18)15-8-6-12-16-9-19-17-12/h1-4,9H,5-8,14H2,(H,15,18). The summed E-state index contributed by atoms with van der Waals surface area (Å²) in [5.41, 5.74) is 7.24. The second-order valence-electron chi connectivity index (χ2n) is 4.09. The number of benzene rings is 1. The zero-order chi connectivity index (χ0) is 13.5. The van der Waals surface area contributed by atoms with Crippen molar-refractivity contribution < 1.29 is 9.32 Å². The summed E-state index contributed by atoms with van der Waals surface area (Å²) in [6.07, 6.45) is 2.64. The second kappa shape index (κ2) is 6.65. The molecule has 0 fully saturated rings. The molecular formula is C13H16N4O2. The van der Waals surface area contributed by atoms with Crippen molar-refractivity contribution >= 4 is 5.91 Å². The zero-order valence-corrected chi connectivity index (χ0v) is 10.5. The summed E-state index contributed by atoms with van der Waals surface area (Å²) in [5, 5.41) is 6.47. The van der Waals surface area contributed by atoms with Gasteiger partial charge < -0.3 is 15.6 Å². The predicted molar refractivity (Wildman–Crippen MR) is 69.5 cm³/mol. The Morgan fingerprint density at radius 2 is 2.05 bits per heavy atom. The minimum absolute atomic E-state index is 0.109. The highest BCUT2D eigenvalue weighted by Crippen LogP contribution is 2.04. The molecule has 0 saturated heterocycles. The molecule has 1 aromatic carbocycles. The minimum Gasteiger partial charge on any atom is -0.352 e. The number of hydrogen-bond donors (Lipinski definition) is 2. The summed E-state index contributed by atoms with van der Waals surface area (Å²) in [6.45, 7) is 1.08. The molecule has 6 heteroatoms. The molecule has 0 spiro atoms. The number of carbonyl (C=O) groups excluding carboxylic acids is 1. The van der Waals surface area contributed by atoms with E-state index in [0.717, 1.165) is 12.0 Å². The van der Waals surface area contributed by atoms with Gasteiger partial charge in [0.2, 0.25) is 6.39 Å². The second-order valence-corrected chi connectivity index (χ2v) is 4.09. The minimum atomic E-state index is -0.109. The van der Waals surface area contributed by atoms with Crippen molar-refractivity contribution in [3.63, 3.8) is 0 Å². The fraction of sp³-hybridized carbons (Fsp3) is 0.308. The van der Waals surface area contributed by atoms with Crippen LogP contribution in [0.15, 0.2) is 35.2 Å². The first kappa shape index (κ1) is 13.2. The van der Waals surface area contributed by atoms with Crippen molar-refractivity contribution in [1.29, 1.82) is 0 Å².